The fourth-order valence-electron chi connectivity index (χ4n) is 1.97. The van der Waals surface area contributed by atoms with Gasteiger partial charge in [-0.3, -0.25) is 4.79 Å². The number of thiazole rings is 1. The molecule has 0 radical (unpaired) electrons. The summed E-state index contributed by atoms with van der Waals surface area (Å²) in [6.07, 6.45) is 1.60. The molecule has 0 spiro atoms. The zero-order valence-corrected chi connectivity index (χ0v) is 13.1. The van der Waals surface area contributed by atoms with Crippen molar-refractivity contribution in [3.8, 4) is 10.8 Å². The molecule has 6 heteroatoms. The van der Waals surface area contributed by atoms with Crippen molar-refractivity contribution in [3.63, 3.8) is 0 Å². The maximum absolute atomic E-state index is 12.5. The largest absolute Gasteiger partial charge is 0.462 e. The SMILES string of the molecule is CCN(Cc1cccs1)C(=O)c1csc(-c2ccco2)n1. The van der Waals surface area contributed by atoms with Crippen LogP contribution in [0.25, 0.3) is 10.8 Å². The second kappa shape index (κ2) is 6.24. The molecule has 1 amide bonds. The lowest BCUT2D eigenvalue weighted by atomic mass is 10.3. The first-order valence-corrected chi connectivity index (χ1v) is 8.35. The highest BCUT2D eigenvalue weighted by Crippen LogP contribution is 2.25. The van der Waals surface area contributed by atoms with Crippen LogP contribution in [-0.2, 0) is 6.54 Å². The van der Waals surface area contributed by atoms with Crippen molar-refractivity contribution in [2.75, 3.05) is 6.54 Å². The Balaban J connectivity index is 1.77. The minimum absolute atomic E-state index is 0.0417. The Bertz CT molecular complexity index is 702. The highest BCUT2D eigenvalue weighted by atomic mass is 32.1. The van der Waals surface area contributed by atoms with Gasteiger partial charge in [0.2, 0.25) is 0 Å². The molecule has 0 saturated carbocycles. The van der Waals surface area contributed by atoms with Crippen molar-refractivity contribution < 1.29 is 9.21 Å². The molecular weight excluding hydrogens is 304 g/mol. The molecule has 0 aromatic carbocycles. The van der Waals surface area contributed by atoms with Gasteiger partial charge in [0.05, 0.1) is 12.8 Å². The molecule has 0 unspecified atom stereocenters. The Morgan fingerprint density at radius 1 is 1.33 bits per heavy atom. The normalized spacial score (nSPS) is 10.7. The van der Waals surface area contributed by atoms with Gasteiger partial charge < -0.3 is 9.32 Å². The Kier molecular flexibility index (Phi) is 4.17. The third kappa shape index (κ3) is 3.06. The highest BCUT2D eigenvalue weighted by Gasteiger charge is 2.19. The van der Waals surface area contributed by atoms with Gasteiger partial charge in [0.1, 0.15) is 5.69 Å². The van der Waals surface area contributed by atoms with Gasteiger partial charge in [-0.2, -0.15) is 0 Å². The molecule has 0 saturated heterocycles. The zero-order valence-electron chi connectivity index (χ0n) is 11.5. The van der Waals surface area contributed by atoms with Crippen molar-refractivity contribution in [1.82, 2.24) is 9.88 Å². The van der Waals surface area contributed by atoms with E-state index in [0.717, 1.165) is 5.01 Å². The lowest BCUT2D eigenvalue weighted by molar-refractivity contribution is 0.0749. The summed E-state index contributed by atoms with van der Waals surface area (Å²) in [5.74, 6) is 0.653. The Labute approximate surface area is 130 Å². The topological polar surface area (TPSA) is 46.3 Å². The number of carbonyl (C=O) groups is 1. The number of thiophene rings is 1. The fourth-order valence-corrected chi connectivity index (χ4v) is 3.44. The lowest BCUT2D eigenvalue weighted by Gasteiger charge is -2.18. The predicted octanol–water partition coefficient (Wildman–Crippen LogP) is 4.13. The Morgan fingerprint density at radius 3 is 2.90 bits per heavy atom. The predicted molar refractivity (Wildman–Crippen MR) is 84.5 cm³/mol. The molecule has 3 rings (SSSR count). The van der Waals surface area contributed by atoms with E-state index in [4.69, 9.17) is 4.42 Å². The minimum atomic E-state index is -0.0417. The molecule has 0 N–H and O–H groups in total. The molecule has 3 heterocycles. The number of furan rings is 1. The number of nitrogens with zero attached hydrogens (tertiary/aromatic N) is 2. The summed E-state index contributed by atoms with van der Waals surface area (Å²) in [6.45, 7) is 3.26. The van der Waals surface area contributed by atoms with E-state index >= 15 is 0 Å². The van der Waals surface area contributed by atoms with Gasteiger partial charge in [0, 0.05) is 16.8 Å². The van der Waals surface area contributed by atoms with Gasteiger partial charge in [-0.05, 0) is 30.5 Å². The van der Waals surface area contributed by atoms with Crippen molar-refractivity contribution in [1.29, 1.82) is 0 Å². The zero-order chi connectivity index (χ0) is 14.7. The van der Waals surface area contributed by atoms with Crippen molar-refractivity contribution in [2.24, 2.45) is 0 Å². The number of aromatic nitrogens is 1. The molecule has 0 aliphatic carbocycles. The smallest absolute Gasteiger partial charge is 0.273 e. The monoisotopic (exact) mass is 318 g/mol. The maximum atomic E-state index is 12.5. The first kappa shape index (κ1) is 14.0. The van der Waals surface area contributed by atoms with Crippen LogP contribution in [0.2, 0.25) is 0 Å². The van der Waals surface area contributed by atoms with E-state index < -0.39 is 0 Å². The molecule has 0 aliphatic heterocycles. The summed E-state index contributed by atoms with van der Waals surface area (Å²) in [6, 6.07) is 7.69. The van der Waals surface area contributed by atoms with Gasteiger partial charge >= 0.3 is 0 Å². The molecule has 4 nitrogen and oxygen atoms in total. The number of hydrogen-bond donors (Lipinski definition) is 0. The van der Waals surface area contributed by atoms with Gasteiger partial charge in [0.25, 0.3) is 5.91 Å². The van der Waals surface area contributed by atoms with E-state index in [1.807, 2.05) is 36.6 Å². The summed E-state index contributed by atoms with van der Waals surface area (Å²) >= 11 is 3.08. The van der Waals surface area contributed by atoms with E-state index in [9.17, 15) is 4.79 Å². The van der Waals surface area contributed by atoms with Gasteiger partial charge in [-0.15, -0.1) is 22.7 Å². The van der Waals surface area contributed by atoms with E-state index in [-0.39, 0.29) is 5.91 Å². The summed E-state index contributed by atoms with van der Waals surface area (Å²) in [5.41, 5.74) is 0.477. The molecule has 0 atom stereocenters. The number of hydrogen-bond acceptors (Lipinski definition) is 5. The van der Waals surface area contributed by atoms with Crippen LogP contribution in [0.3, 0.4) is 0 Å². The summed E-state index contributed by atoms with van der Waals surface area (Å²) in [5, 5.41) is 4.54. The molecule has 0 fully saturated rings. The van der Waals surface area contributed by atoms with Crippen LogP contribution < -0.4 is 0 Å². The average molecular weight is 318 g/mol. The van der Waals surface area contributed by atoms with Crippen LogP contribution in [0.15, 0.2) is 45.7 Å². The van der Waals surface area contributed by atoms with Crippen molar-refractivity contribution in [2.45, 2.75) is 13.5 Å². The second-order valence-corrected chi connectivity index (χ2v) is 6.30. The van der Waals surface area contributed by atoms with E-state index in [1.54, 1.807) is 27.9 Å². The van der Waals surface area contributed by atoms with E-state index in [0.29, 0.717) is 24.5 Å². The lowest BCUT2D eigenvalue weighted by Crippen LogP contribution is -2.30. The quantitative estimate of drug-likeness (QED) is 0.710. The Hall–Kier alpha value is -1.92. The molecule has 0 bridgehead atoms. The van der Waals surface area contributed by atoms with Crippen molar-refractivity contribution >= 4 is 28.6 Å². The summed E-state index contributed by atoms with van der Waals surface area (Å²) < 4.78 is 5.31. The van der Waals surface area contributed by atoms with Crippen LogP contribution in [-0.4, -0.2) is 22.3 Å². The van der Waals surface area contributed by atoms with Gasteiger partial charge in [-0.1, -0.05) is 6.07 Å². The standard InChI is InChI=1S/C15H14N2O2S2/c1-2-17(9-11-5-4-8-20-11)15(18)12-10-21-14(16-12)13-6-3-7-19-13/h3-8,10H,2,9H2,1H3. The average Bonchev–Trinajstić information content (AvgIpc) is 3.25. The van der Waals surface area contributed by atoms with Gasteiger partial charge in [-0.25, -0.2) is 4.98 Å². The van der Waals surface area contributed by atoms with Crippen LogP contribution >= 0.6 is 22.7 Å². The van der Waals surface area contributed by atoms with Crippen LogP contribution in [0.1, 0.15) is 22.3 Å². The van der Waals surface area contributed by atoms with Crippen molar-refractivity contribution in [3.05, 3.63) is 51.9 Å². The third-order valence-electron chi connectivity index (χ3n) is 3.05. The molecule has 0 aliphatic rings. The third-order valence-corrected chi connectivity index (χ3v) is 4.77. The second-order valence-electron chi connectivity index (χ2n) is 4.41. The molecule has 3 aromatic rings. The van der Waals surface area contributed by atoms with E-state index in [2.05, 4.69) is 4.98 Å². The molecule has 21 heavy (non-hydrogen) atoms. The summed E-state index contributed by atoms with van der Waals surface area (Å²) in [7, 11) is 0. The van der Waals surface area contributed by atoms with Gasteiger partial charge in [0.15, 0.2) is 10.8 Å². The van der Waals surface area contributed by atoms with Crippen LogP contribution in [0.5, 0.6) is 0 Å². The molecule has 108 valence electrons. The number of rotatable bonds is 5. The number of carbonyl (C=O) groups excluding carboxylic acids is 1. The van der Waals surface area contributed by atoms with Crippen LogP contribution in [0, 0.1) is 0 Å². The van der Waals surface area contributed by atoms with E-state index in [1.165, 1.54) is 16.2 Å². The first-order valence-electron chi connectivity index (χ1n) is 6.59. The first-order chi connectivity index (χ1) is 10.3. The highest BCUT2D eigenvalue weighted by molar-refractivity contribution is 7.13. The van der Waals surface area contributed by atoms with Crippen LogP contribution in [0.4, 0.5) is 0 Å². The number of amides is 1. The Morgan fingerprint density at radius 2 is 2.24 bits per heavy atom. The summed E-state index contributed by atoms with van der Waals surface area (Å²) in [4.78, 5) is 19.9. The fraction of sp³-hybridized carbons (Fsp3) is 0.200. The maximum Gasteiger partial charge on any atom is 0.273 e. The minimum Gasteiger partial charge on any atom is -0.462 e. The molecular formula is C15H14N2O2S2. The molecule has 3 aromatic heterocycles.